The van der Waals surface area contributed by atoms with Crippen LogP contribution in [-0.2, 0) is 4.84 Å². The van der Waals surface area contributed by atoms with Gasteiger partial charge in [-0.05, 0) is 61.2 Å². The zero-order valence-corrected chi connectivity index (χ0v) is 13.5. The predicted octanol–water partition coefficient (Wildman–Crippen LogP) is 4.17. The molecule has 0 unspecified atom stereocenters. The number of carbonyl (C=O) groups is 1. The van der Waals surface area contributed by atoms with E-state index in [1.807, 2.05) is 31.2 Å². The first kappa shape index (κ1) is 16.2. The molecule has 0 N–H and O–H groups in total. The highest BCUT2D eigenvalue weighted by Crippen LogP contribution is 2.48. The zero-order valence-electron chi connectivity index (χ0n) is 13.5. The molecule has 0 spiro atoms. The second-order valence-electron chi connectivity index (χ2n) is 5.84. The van der Waals surface area contributed by atoms with Crippen LogP contribution in [0.25, 0.3) is 0 Å². The topological polar surface area (TPSA) is 47.9 Å². The molecule has 4 nitrogen and oxygen atoms in total. The molecule has 24 heavy (non-hydrogen) atoms. The van der Waals surface area contributed by atoms with Crippen LogP contribution in [0.1, 0.15) is 35.2 Å². The average Bonchev–Trinajstić information content (AvgIpc) is 3.41. The van der Waals surface area contributed by atoms with Gasteiger partial charge in [-0.3, -0.25) is 0 Å². The van der Waals surface area contributed by atoms with Crippen molar-refractivity contribution in [3.8, 4) is 5.75 Å². The van der Waals surface area contributed by atoms with Gasteiger partial charge in [0, 0.05) is 5.92 Å². The van der Waals surface area contributed by atoms with Crippen molar-refractivity contribution < 1.29 is 18.8 Å². The smallest absolute Gasteiger partial charge is 0.365 e. The lowest BCUT2D eigenvalue weighted by molar-refractivity contribution is 0.0514. The van der Waals surface area contributed by atoms with Crippen molar-refractivity contribution in [1.82, 2.24) is 0 Å². The number of oxime groups is 1. The molecule has 5 heteroatoms. The maximum absolute atomic E-state index is 12.8. The van der Waals surface area contributed by atoms with E-state index in [1.165, 1.54) is 29.8 Å². The third-order valence-corrected chi connectivity index (χ3v) is 4.22. The van der Waals surface area contributed by atoms with Gasteiger partial charge in [0.15, 0.2) is 0 Å². The Morgan fingerprint density at radius 2 is 1.79 bits per heavy atom. The van der Waals surface area contributed by atoms with Crippen molar-refractivity contribution in [2.45, 2.75) is 19.3 Å². The molecule has 2 atom stereocenters. The van der Waals surface area contributed by atoms with Crippen LogP contribution in [0, 0.1) is 11.7 Å². The molecule has 1 saturated carbocycles. The van der Waals surface area contributed by atoms with E-state index in [0.717, 1.165) is 17.9 Å². The fourth-order valence-electron chi connectivity index (χ4n) is 2.70. The van der Waals surface area contributed by atoms with E-state index in [9.17, 15) is 9.18 Å². The molecule has 2 aromatic carbocycles. The van der Waals surface area contributed by atoms with Gasteiger partial charge < -0.3 is 9.57 Å². The van der Waals surface area contributed by atoms with Gasteiger partial charge in [-0.25, -0.2) is 9.18 Å². The number of halogens is 1. The maximum atomic E-state index is 12.8. The summed E-state index contributed by atoms with van der Waals surface area (Å²) in [5.41, 5.74) is 2.28. The fourth-order valence-corrected chi connectivity index (χ4v) is 2.70. The normalized spacial score (nSPS) is 19.7. The number of benzene rings is 2. The highest BCUT2D eigenvalue weighted by molar-refractivity contribution is 5.91. The summed E-state index contributed by atoms with van der Waals surface area (Å²) in [7, 11) is 1.64. The first-order valence-corrected chi connectivity index (χ1v) is 7.74. The van der Waals surface area contributed by atoms with Crippen molar-refractivity contribution in [2.24, 2.45) is 11.1 Å². The Morgan fingerprint density at radius 3 is 2.42 bits per heavy atom. The quantitative estimate of drug-likeness (QED) is 0.470. The predicted molar refractivity (Wildman–Crippen MR) is 88.8 cm³/mol. The summed E-state index contributed by atoms with van der Waals surface area (Å²) >= 11 is 0. The fraction of sp³-hybridized carbons (Fsp3) is 0.263. The highest BCUT2D eigenvalue weighted by atomic mass is 19.1. The lowest BCUT2D eigenvalue weighted by atomic mass is 10.1. The maximum Gasteiger partial charge on any atom is 0.365 e. The van der Waals surface area contributed by atoms with Gasteiger partial charge in [-0.2, -0.15) is 0 Å². The first-order chi connectivity index (χ1) is 11.6. The van der Waals surface area contributed by atoms with Crippen LogP contribution in [0.4, 0.5) is 4.39 Å². The second-order valence-corrected chi connectivity index (χ2v) is 5.84. The van der Waals surface area contributed by atoms with Crippen molar-refractivity contribution >= 4 is 11.7 Å². The summed E-state index contributed by atoms with van der Waals surface area (Å²) in [6.45, 7) is 1.85. The third kappa shape index (κ3) is 3.62. The molecule has 0 aliphatic heterocycles. The SMILES string of the molecule is COc1ccc([C@H]2C[C@@H]2C(C)=NOC(=O)c2ccc(F)cc2)cc1. The summed E-state index contributed by atoms with van der Waals surface area (Å²) in [6.07, 6.45) is 0.982. The van der Waals surface area contributed by atoms with Crippen LogP contribution in [-0.4, -0.2) is 18.8 Å². The van der Waals surface area contributed by atoms with Crippen LogP contribution in [0.2, 0.25) is 0 Å². The lowest BCUT2D eigenvalue weighted by Crippen LogP contribution is -2.05. The standard InChI is InChI=1S/C19H18FNO3/c1-12(21-24-19(22)14-3-7-15(20)8-4-14)17-11-18(17)13-5-9-16(23-2)10-6-13/h3-10,17-18H,11H2,1-2H3/t17-,18-/m1/s1. The molecule has 0 saturated heterocycles. The van der Waals surface area contributed by atoms with Crippen molar-refractivity contribution in [2.75, 3.05) is 7.11 Å². The number of nitrogens with zero attached hydrogens (tertiary/aromatic N) is 1. The average molecular weight is 327 g/mol. The summed E-state index contributed by atoms with van der Waals surface area (Å²) in [5, 5.41) is 3.94. The van der Waals surface area contributed by atoms with E-state index in [4.69, 9.17) is 9.57 Å². The van der Waals surface area contributed by atoms with E-state index in [1.54, 1.807) is 7.11 Å². The molecule has 1 aliphatic rings. The highest BCUT2D eigenvalue weighted by Gasteiger charge is 2.40. The van der Waals surface area contributed by atoms with Gasteiger partial charge in [0.25, 0.3) is 0 Å². The third-order valence-electron chi connectivity index (χ3n) is 4.22. The van der Waals surface area contributed by atoms with E-state index in [-0.39, 0.29) is 11.5 Å². The number of hydrogen-bond donors (Lipinski definition) is 0. The Hall–Kier alpha value is -2.69. The lowest BCUT2D eigenvalue weighted by Gasteiger charge is -2.03. The van der Waals surface area contributed by atoms with Crippen LogP contribution >= 0.6 is 0 Å². The van der Waals surface area contributed by atoms with Gasteiger partial charge in [-0.1, -0.05) is 17.3 Å². The number of methoxy groups -OCH3 is 1. The molecule has 0 radical (unpaired) electrons. The number of carbonyl (C=O) groups excluding carboxylic acids is 1. The van der Waals surface area contributed by atoms with Gasteiger partial charge in [0.05, 0.1) is 18.4 Å². The Morgan fingerprint density at radius 1 is 1.12 bits per heavy atom. The summed E-state index contributed by atoms with van der Waals surface area (Å²) < 4.78 is 18.0. The molecular weight excluding hydrogens is 309 g/mol. The number of ether oxygens (including phenoxy) is 1. The van der Waals surface area contributed by atoms with Crippen molar-refractivity contribution in [3.05, 3.63) is 65.5 Å². The zero-order chi connectivity index (χ0) is 17.1. The molecule has 0 heterocycles. The molecule has 0 amide bonds. The molecular formula is C19H18FNO3. The van der Waals surface area contributed by atoms with E-state index >= 15 is 0 Å². The van der Waals surface area contributed by atoms with Crippen molar-refractivity contribution in [1.29, 1.82) is 0 Å². The second kappa shape index (κ2) is 6.83. The molecule has 3 rings (SSSR count). The molecule has 1 aliphatic carbocycles. The van der Waals surface area contributed by atoms with Gasteiger partial charge in [0.1, 0.15) is 11.6 Å². The van der Waals surface area contributed by atoms with Crippen LogP contribution < -0.4 is 4.74 Å². The molecule has 0 aromatic heterocycles. The Balaban J connectivity index is 1.58. The summed E-state index contributed by atoms with van der Waals surface area (Å²) in [5.74, 6) is 0.515. The van der Waals surface area contributed by atoms with Gasteiger partial charge >= 0.3 is 5.97 Å². The van der Waals surface area contributed by atoms with Gasteiger partial charge in [-0.15, -0.1) is 0 Å². The Kier molecular flexibility index (Phi) is 4.60. The minimum atomic E-state index is -0.587. The van der Waals surface area contributed by atoms with E-state index in [2.05, 4.69) is 5.16 Å². The summed E-state index contributed by atoms with van der Waals surface area (Å²) in [6, 6.07) is 13.1. The van der Waals surface area contributed by atoms with Crippen LogP contribution in [0.15, 0.2) is 53.7 Å². The van der Waals surface area contributed by atoms with Crippen LogP contribution in [0.5, 0.6) is 5.75 Å². The monoisotopic (exact) mass is 327 g/mol. The minimum absolute atomic E-state index is 0.274. The van der Waals surface area contributed by atoms with E-state index < -0.39 is 11.8 Å². The molecule has 2 aromatic rings. The Labute approximate surface area is 139 Å². The largest absolute Gasteiger partial charge is 0.497 e. The molecule has 1 fully saturated rings. The number of hydrogen-bond acceptors (Lipinski definition) is 4. The van der Waals surface area contributed by atoms with Gasteiger partial charge in [0.2, 0.25) is 0 Å². The van der Waals surface area contributed by atoms with Crippen molar-refractivity contribution in [3.63, 3.8) is 0 Å². The molecule has 124 valence electrons. The minimum Gasteiger partial charge on any atom is -0.497 e. The first-order valence-electron chi connectivity index (χ1n) is 7.74. The number of rotatable bonds is 5. The van der Waals surface area contributed by atoms with Crippen LogP contribution in [0.3, 0.4) is 0 Å². The van der Waals surface area contributed by atoms with E-state index in [0.29, 0.717) is 5.92 Å². The Bertz CT molecular complexity index is 753. The summed E-state index contributed by atoms with van der Waals surface area (Å²) in [4.78, 5) is 16.8. The molecule has 0 bridgehead atoms.